The van der Waals surface area contributed by atoms with E-state index >= 15 is 0 Å². The second-order valence-electron chi connectivity index (χ2n) is 5.54. The summed E-state index contributed by atoms with van der Waals surface area (Å²) in [6.07, 6.45) is 0.371. The molecule has 0 radical (unpaired) electrons. The maximum absolute atomic E-state index is 12.8. The highest BCUT2D eigenvalue weighted by atomic mass is 32.2. The summed E-state index contributed by atoms with van der Waals surface area (Å²) in [5.74, 6) is 0. The number of aliphatic hydroxyl groups is 1. The van der Waals surface area contributed by atoms with Gasteiger partial charge in [0.15, 0.2) is 0 Å². The molecular weight excluding hydrogens is 298 g/mol. The summed E-state index contributed by atoms with van der Waals surface area (Å²) in [6.45, 7) is 0.357. The van der Waals surface area contributed by atoms with Gasteiger partial charge in [-0.3, -0.25) is 0 Å². The van der Waals surface area contributed by atoms with Crippen molar-refractivity contribution in [2.24, 2.45) is 0 Å². The van der Waals surface area contributed by atoms with Gasteiger partial charge in [0, 0.05) is 6.54 Å². The molecule has 0 bridgehead atoms. The third-order valence-corrected chi connectivity index (χ3v) is 6.04. The van der Waals surface area contributed by atoms with Crippen LogP contribution in [0.4, 0.5) is 0 Å². The quantitative estimate of drug-likeness (QED) is 0.939. The van der Waals surface area contributed by atoms with Gasteiger partial charge in [0.1, 0.15) is 0 Å². The first-order valence-corrected chi connectivity index (χ1v) is 8.82. The largest absolute Gasteiger partial charge is 0.391 e. The van der Waals surface area contributed by atoms with Crippen LogP contribution in [-0.2, 0) is 16.4 Å². The van der Waals surface area contributed by atoms with Crippen LogP contribution in [0.15, 0.2) is 65.6 Å². The molecule has 3 rings (SSSR count). The standard InChI is InChI=1S/C17H19NO3S/c19-17-11-12-18(16(17)13-14-7-3-1-4-8-14)22(20,21)15-9-5-2-6-10-15/h1-10,16-17,19H,11-13H2/t16-,17-/m0/s1. The van der Waals surface area contributed by atoms with E-state index in [-0.39, 0.29) is 4.90 Å². The highest BCUT2D eigenvalue weighted by molar-refractivity contribution is 7.89. The molecule has 5 heteroatoms. The predicted octanol–water partition coefficient (Wildman–Crippen LogP) is 2.05. The molecule has 1 saturated heterocycles. The van der Waals surface area contributed by atoms with Crippen molar-refractivity contribution in [3.05, 3.63) is 66.2 Å². The lowest BCUT2D eigenvalue weighted by Gasteiger charge is -2.25. The second kappa shape index (κ2) is 6.20. The number of hydrogen-bond acceptors (Lipinski definition) is 3. The Morgan fingerprint density at radius 2 is 1.59 bits per heavy atom. The van der Waals surface area contributed by atoms with Crippen LogP contribution < -0.4 is 0 Å². The van der Waals surface area contributed by atoms with Gasteiger partial charge in [0.05, 0.1) is 17.0 Å². The van der Waals surface area contributed by atoms with Gasteiger partial charge in [-0.05, 0) is 30.5 Å². The van der Waals surface area contributed by atoms with Crippen LogP contribution >= 0.6 is 0 Å². The van der Waals surface area contributed by atoms with Crippen LogP contribution in [0.25, 0.3) is 0 Å². The predicted molar refractivity (Wildman–Crippen MR) is 84.9 cm³/mol. The second-order valence-corrected chi connectivity index (χ2v) is 7.43. The average Bonchev–Trinajstić information content (AvgIpc) is 2.91. The van der Waals surface area contributed by atoms with Crippen LogP contribution in [0.2, 0.25) is 0 Å². The Labute approximate surface area is 131 Å². The van der Waals surface area contributed by atoms with E-state index in [9.17, 15) is 13.5 Å². The highest BCUT2D eigenvalue weighted by Crippen LogP contribution is 2.28. The molecule has 1 N–H and O–H groups in total. The number of aliphatic hydroxyl groups excluding tert-OH is 1. The van der Waals surface area contributed by atoms with E-state index in [4.69, 9.17) is 0 Å². The van der Waals surface area contributed by atoms with Crippen LogP contribution in [0.3, 0.4) is 0 Å². The zero-order chi connectivity index (χ0) is 15.6. The van der Waals surface area contributed by atoms with Crippen molar-refractivity contribution >= 4 is 10.0 Å². The molecule has 0 saturated carbocycles. The average molecular weight is 317 g/mol. The van der Waals surface area contributed by atoms with E-state index in [1.165, 1.54) is 4.31 Å². The smallest absolute Gasteiger partial charge is 0.243 e. The minimum Gasteiger partial charge on any atom is -0.391 e. The first kappa shape index (κ1) is 15.2. The molecule has 0 spiro atoms. The monoisotopic (exact) mass is 317 g/mol. The van der Waals surface area contributed by atoms with Crippen LogP contribution in [0.1, 0.15) is 12.0 Å². The summed E-state index contributed by atoms with van der Waals surface area (Å²) in [6, 6.07) is 17.7. The molecule has 116 valence electrons. The van der Waals surface area contributed by atoms with Gasteiger partial charge in [0.25, 0.3) is 0 Å². The molecule has 1 heterocycles. The number of sulfonamides is 1. The Bertz CT molecular complexity index is 716. The number of hydrogen-bond donors (Lipinski definition) is 1. The molecule has 0 unspecified atom stereocenters. The molecule has 2 aromatic carbocycles. The van der Waals surface area contributed by atoms with E-state index in [1.807, 2.05) is 30.3 Å². The molecule has 22 heavy (non-hydrogen) atoms. The lowest BCUT2D eigenvalue weighted by molar-refractivity contribution is 0.142. The Morgan fingerprint density at radius 1 is 1.00 bits per heavy atom. The summed E-state index contributed by atoms with van der Waals surface area (Å²) in [5, 5.41) is 10.2. The Hall–Kier alpha value is -1.69. The van der Waals surface area contributed by atoms with Gasteiger partial charge in [-0.1, -0.05) is 48.5 Å². The zero-order valence-corrected chi connectivity index (χ0v) is 13.0. The maximum Gasteiger partial charge on any atom is 0.243 e. The Morgan fingerprint density at radius 3 is 2.23 bits per heavy atom. The summed E-state index contributed by atoms with van der Waals surface area (Å²) < 4.78 is 27.0. The van der Waals surface area contributed by atoms with Gasteiger partial charge < -0.3 is 5.11 Å². The van der Waals surface area contributed by atoms with Crippen molar-refractivity contribution in [3.8, 4) is 0 Å². The van der Waals surface area contributed by atoms with Crippen LogP contribution in [-0.4, -0.2) is 36.5 Å². The van der Waals surface area contributed by atoms with Crippen molar-refractivity contribution in [2.45, 2.75) is 29.9 Å². The third-order valence-electron chi connectivity index (χ3n) is 4.10. The van der Waals surface area contributed by atoms with E-state index in [0.717, 1.165) is 5.56 Å². The van der Waals surface area contributed by atoms with Crippen molar-refractivity contribution in [1.29, 1.82) is 0 Å². The van der Waals surface area contributed by atoms with E-state index in [2.05, 4.69) is 0 Å². The minimum atomic E-state index is -3.57. The molecular formula is C17H19NO3S. The Balaban J connectivity index is 1.89. The summed E-state index contributed by atoms with van der Waals surface area (Å²) in [7, 11) is -3.57. The summed E-state index contributed by atoms with van der Waals surface area (Å²) in [4.78, 5) is 0.280. The van der Waals surface area contributed by atoms with E-state index in [1.54, 1.807) is 30.3 Å². The molecule has 1 aliphatic heterocycles. The molecule has 1 aliphatic rings. The number of nitrogens with zero attached hydrogens (tertiary/aromatic N) is 1. The highest BCUT2D eigenvalue weighted by Gasteiger charge is 2.40. The minimum absolute atomic E-state index is 0.280. The van der Waals surface area contributed by atoms with E-state index < -0.39 is 22.2 Å². The Kier molecular flexibility index (Phi) is 4.29. The fraction of sp³-hybridized carbons (Fsp3) is 0.294. The summed E-state index contributed by atoms with van der Waals surface area (Å²) >= 11 is 0. The van der Waals surface area contributed by atoms with Crippen molar-refractivity contribution < 1.29 is 13.5 Å². The molecule has 4 nitrogen and oxygen atoms in total. The molecule has 2 atom stereocenters. The van der Waals surface area contributed by atoms with Gasteiger partial charge in [-0.2, -0.15) is 4.31 Å². The van der Waals surface area contributed by atoms with Crippen LogP contribution in [0, 0.1) is 0 Å². The molecule has 0 aromatic heterocycles. The fourth-order valence-corrected chi connectivity index (χ4v) is 4.62. The van der Waals surface area contributed by atoms with Crippen molar-refractivity contribution in [2.75, 3.05) is 6.54 Å². The van der Waals surface area contributed by atoms with E-state index in [0.29, 0.717) is 19.4 Å². The first-order valence-electron chi connectivity index (χ1n) is 7.38. The van der Waals surface area contributed by atoms with Gasteiger partial charge in [-0.25, -0.2) is 8.42 Å². The molecule has 0 amide bonds. The van der Waals surface area contributed by atoms with Gasteiger partial charge in [0.2, 0.25) is 10.0 Å². The lowest BCUT2D eigenvalue weighted by Crippen LogP contribution is -2.41. The molecule has 1 fully saturated rings. The number of rotatable bonds is 4. The lowest BCUT2D eigenvalue weighted by atomic mass is 10.0. The normalized spacial score (nSPS) is 22.8. The SMILES string of the molecule is O=S(=O)(c1ccccc1)N1CC[C@H](O)[C@@H]1Cc1ccccc1. The zero-order valence-electron chi connectivity index (χ0n) is 12.2. The van der Waals surface area contributed by atoms with Crippen molar-refractivity contribution in [3.63, 3.8) is 0 Å². The number of benzene rings is 2. The fourth-order valence-electron chi connectivity index (χ4n) is 2.93. The molecule has 2 aromatic rings. The topological polar surface area (TPSA) is 57.6 Å². The summed E-state index contributed by atoms with van der Waals surface area (Å²) in [5.41, 5.74) is 1.03. The maximum atomic E-state index is 12.8. The van der Waals surface area contributed by atoms with Crippen molar-refractivity contribution in [1.82, 2.24) is 4.31 Å². The van der Waals surface area contributed by atoms with Gasteiger partial charge >= 0.3 is 0 Å². The molecule has 0 aliphatic carbocycles. The van der Waals surface area contributed by atoms with Crippen LogP contribution in [0.5, 0.6) is 0 Å². The third kappa shape index (κ3) is 2.92. The van der Waals surface area contributed by atoms with Gasteiger partial charge in [-0.15, -0.1) is 0 Å². The first-order chi connectivity index (χ1) is 10.6.